The van der Waals surface area contributed by atoms with Gasteiger partial charge in [0.25, 0.3) is 0 Å². The molecule has 3 aliphatic rings. The number of phenols is 2. The Kier molecular flexibility index (Phi) is 6.32. The first-order valence-electron chi connectivity index (χ1n) is 12.3. The highest BCUT2D eigenvalue weighted by molar-refractivity contribution is 6.30. The third kappa shape index (κ3) is 3.98. The molecule has 2 aromatic carbocycles. The van der Waals surface area contributed by atoms with Crippen molar-refractivity contribution in [2.75, 3.05) is 0 Å². The van der Waals surface area contributed by atoms with Gasteiger partial charge in [0, 0.05) is 48.1 Å². The van der Waals surface area contributed by atoms with E-state index in [4.69, 9.17) is 19.9 Å². The Bertz CT molecular complexity index is 1340. The molecule has 1 saturated heterocycles. The molecule has 11 heteroatoms. The maximum atomic E-state index is 13.4. The van der Waals surface area contributed by atoms with Gasteiger partial charge in [0.1, 0.15) is 17.1 Å². The van der Waals surface area contributed by atoms with E-state index in [9.17, 15) is 34.8 Å². The van der Waals surface area contributed by atoms with Gasteiger partial charge in [-0.25, -0.2) is 0 Å². The monoisotopic (exact) mass is 527 g/mol. The lowest BCUT2D eigenvalue weighted by atomic mass is 9.72. The standard InChI is InChI=1S/C27H29NO10/c1-10-21(30)14(28)8-16(36-10)38-15-9-27(3,35)26(37-11(2)29)20-17(15)24(33)18-19(25(20)34)23(32)13-7-5-4-6-12(13)22(18)31/h4-7,10,14-16,21,26,30,33-35H,8-9,28H2,1-3H3/t10-,14-,15-,16?,21+,26+,27+/m0/s1. The maximum Gasteiger partial charge on any atom is 0.303 e. The number of ketones is 2. The van der Waals surface area contributed by atoms with Gasteiger partial charge >= 0.3 is 5.97 Å². The van der Waals surface area contributed by atoms with E-state index in [0.717, 1.165) is 6.92 Å². The third-order valence-electron chi connectivity index (χ3n) is 7.49. The Morgan fingerprint density at radius 2 is 1.63 bits per heavy atom. The number of esters is 1. The minimum Gasteiger partial charge on any atom is -0.507 e. The van der Waals surface area contributed by atoms with Gasteiger partial charge in [-0.05, 0) is 13.8 Å². The van der Waals surface area contributed by atoms with Crippen LogP contribution in [-0.2, 0) is 19.0 Å². The van der Waals surface area contributed by atoms with Crippen LogP contribution < -0.4 is 5.73 Å². The number of carbonyl (C=O) groups is 3. The lowest BCUT2D eigenvalue weighted by molar-refractivity contribution is -0.252. The van der Waals surface area contributed by atoms with Crippen molar-refractivity contribution in [3.05, 3.63) is 57.6 Å². The predicted molar refractivity (Wildman–Crippen MR) is 130 cm³/mol. The molecule has 6 N–H and O–H groups in total. The number of ether oxygens (including phenoxy) is 3. The maximum absolute atomic E-state index is 13.4. The highest BCUT2D eigenvalue weighted by Gasteiger charge is 2.52. The molecule has 1 fully saturated rings. The number of fused-ring (bicyclic) bond motifs is 3. The molecule has 0 radical (unpaired) electrons. The van der Waals surface area contributed by atoms with Gasteiger partial charge in [-0.15, -0.1) is 0 Å². The van der Waals surface area contributed by atoms with E-state index < -0.39 is 82.5 Å². The normalized spacial score (nSPS) is 32.3. The molecule has 202 valence electrons. The molecule has 0 aromatic heterocycles. The van der Waals surface area contributed by atoms with Gasteiger partial charge in [0.2, 0.25) is 0 Å². The van der Waals surface area contributed by atoms with Crippen LogP contribution >= 0.6 is 0 Å². The minimum absolute atomic E-state index is 0.0381. The molecule has 2 aliphatic carbocycles. The number of hydrogen-bond donors (Lipinski definition) is 5. The van der Waals surface area contributed by atoms with Gasteiger partial charge in [-0.3, -0.25) is 14.4 Å². The summed E-state index contributed by atoms with van der Waals surface area (Å²) in [5.74, 6) is -3.51. The summed E-state index contributed by atoms with van der Waals surface area (Å²) in [5.41, 5.74) is 3.07. The minimum atomic E-state index is -1.83. The summed E-state index contributed by atoms with van der Waals surface area (Å²) in [6.45, 7) is 4.09. The smallest absolute Gasteiger partial charge is 0.303 e. The van der Waals surface area contributed by atoms with E-state index in [-0.39, 0.29) is 35.1 Å². The average molecular weight is 528 g/mol. The Labute approximate surface area is 217 Å². The number of carbonyl (C=O) groups excluding carboxylic acids is 3. The van der Waals surface area contributed by atoms with Crippen LogP contribution in [-0.4, -0.2) is 68.1 Å². The van der Waals surface area contributed by atoms with Gasteiger partial charge in [0.15, 0.2) is 24.0 Å². The quantitative estimate of drug-likeness (QED) is 0.245. The van der Waals surface area contributed by atoms with Gasteiger partial charge in [-0.2, -0.15) is 0 Å². The Morgan fingerprint density at radius 3 is 2.16 bits per heavy atom. The zero-order valence-electron chi connectivity index (χ0n) is 21.0. The molecule has 7 atom stereocenters. The largest absolute Gasteiger partial charge is 0.507 e. The predicted octanol–water partition coefficient (Wildman–Crippen LogP) is 1.51. The van der Waals surface area contributed by atoms with E-state index >= 15 is 0 Å². The highest BCUT2D eigenvalue weighted by Crippen LogP contribution is 2.56. The molecule has 0 spiro atoms. The summed E-state index contributed by atoms with van der Waals surface area (Å²) in [4.78, 5) is 38.9. The fourth-order valence-electron chi connectivity index (χ4n) is 5.66. The summed E-state index contributed by atoms with van der Waals surface area (Å²) in [7, 11) is 0. The van der Waals surface area contributed by atoms with E-state index in [1.807, 2.05) is 0 Å². The molecule has 38 heavy (non-hydrogen) atoms. The molecule has 1 unspecified atom stereocenters. The van der Waals surface area contributed by atoms with Crippen LogP contribution in [0.3, 0.4) is 0 Å². The number of aliphatic hydroxyl groups is 2. The summed E-state index contributed by atoms with van der Waals surface area (Å²) in [6, 6.07) is 5.33. The van der Waals surface area contributed by atoms with Crippen molar-refractivity contribution in [2.45, 2.75) is 76.0 Å². The SMILES string of the molecule is CC(=O)O[C@@H]1c2c(O)c3c(c(O)c2[C@@H](OC2C[C@H](N)[C@H](O)[C@H](C)O2)C[C@@]1(C)O)C(=O)c1ccccc1C3=O. The van der Waals surface area contributed by atoms with Crippen molar-refractivity contribution in [1.29, 1.82) is 0 Å². The van der Waals surface area contributed by atoms with Crippen LogP contribution in [0.15, 0.2) is 24.3 Å². The van der Waals surface area contributed by atoms with Crippen molar-refractivity contribution in [3.8, 4) is 11.5 Å². The average Bonchev–Trinajstić information content (AvgIpc) is 2.84. The first kappa shape index (κ1) is 26.3. The number of benzene rings is 2. The van der Waals surface area contributed by atoms with Crippen LogP contribution in [0, 0.1) is 0 Å². The fourth-order valence-corrected chi connectivity index (χ4v) is 5.66. The van der Waals surface area contributed by atoms with Crippen molar-refractivity contribution in [2.24, 2.45) is 5.73 Å². The first-order valence-corrected chi connectivity index (χ1v) is 12.3. The number of aliphatic hydroxyl groups excluding tert-OH is 1. The van der Waals surface area contributed by atoms with Crippen molar-refractivity contribution < 1.29 is 49.0 Å². The summed E-state index contributed by atoms with van der Waals surface area (Å²) in [5, 5.41) is 44.4. The van der Waals surface area contributed by atoms with Crippen molar-refractivity contribution in [1.82, 2.24) is 0 Å². The summed E-state index contributed by atoms with van der Waals surface area (Å²) >= 11 is 0. The van der Waals surface area contributed by atoms with Crippen LogP contribution in [0.25, 0.3) is 0 Å². The van der Waals surface area contributed by atoms with E-state index in [0.29, 0.717) is 0 Å². The molecule has 11 nitrogen and oxygen atoms in total. The summed E-state index contributed by atoms with van der Waals surface area (Å²) in [6.07, 6.45) is -5.42. The lowest BCUT2D eigenvalue weighted by Crippen LogP contribution is -2.52. The topological polar surface area (TPSA) is 186 Å². The molecular formula is C27H29NO10. The van der Waals surface area contributed by atoms with E-state index in [2.05, 4.69) is 0 Å². The molecule has 1 aliphatic heterocycles. The number of nitrogens with two attached hydrogens (primary N) is 1. The second-order valence-electron chi connectivity index (χ2n) is 10.3. The second kappa shape index (κ2) is 9.14. The van der Waals surface area contributed by atoms with Gasteiger partial charge in [0.05, 0.1) is 29.4 Å². The van der Waals surface area contributed by atoms with Crippen LogP contribution in [0.1, 0.15) is 88.8 Å². The highest BCUT2D eigenvalue weighted by atomic mass is 16.7. The Morgan fingerprint density at radius 1 is 1.08 bits per heavy atom. The van der Waals surface area contributed by atoms with Crippen LogP contribution in [0.4, 0.5) is 0 Å². The van der Waals surface area contributed by atoms with Crippen molar-refractivity contribution >= 4 is 17.5 Å². The molecule has 2 aromatic rings. The Hall–Kier alpha value is -3.35. The van der Waals surface area contributed by atoms with Gasteiger partial charge in [-0.1, -0.05) is 24.3 Å². The molecule has 0 bridgehead atoms. The molecule has 1 heterocycles. The zero-order valence-corrected chi connectivity index (χ0v) is 21.0. The number of rotatable bonds is 3. The molecule has 0 amide bonds. The van der Waals surface area contributed by atoms with Crippen LogP contribution in [0.5, 0.6) is 11.5 Å². The molecule has 0 saturated carbocycles. The first-order chi connectivity index (χ1) is 17.8. The lowest BCUT2D eigenvalue weighted by Gasteiger charge is -2.44. The number of phenolic OH excluding ortho intramolecular Hbond substituents is 2. The number of hydrogen-bond acceptors (Lipinski definition) is 11. The Balaban J connectivity index is 1.71. The van der Waals surface area contributed by atoms with Crippen LogP contribution in [0.2, 0.25) is 0 Å². The second-order valence-corrected chi connectivity index (χ2v) is 10.3. The number of aromatic hydroxyl groups is 2. The zero-order chi connectivity index (χ0) is 27.7. The van der Waals surface area contributed by atoms with Crippen molar-refractivity contribution in [3.63, 3.8) is 0 Å². The molecule has 5 rings (SSSR count). The fraction of sp³-hybridized carbons (Fsp3) is 0.444. The molecular weight excluding hydrogens is 498 g/mol. The third-order valence-corrected chi connectivity index (χ3v) is 7.49. The van der Waals surface area contributed by atoms with E-state index in [1.54, 1.807) is 19.1 Å². The van der Waals surface area contributed by atoms with Gasteiger partial charge < -0.3 is 40.4 Å². The van der Waals surface area contributed by atoms with E-state index in [1.165, 1.54) is 19.1 Å². The summed E-state index contributed by atoms with van der Waals surface area (Å²) < 4.78 is 17.2.